The predicted octanol–water partition coefficient (Wildman–Crippen LogP) is 3.16. The van der Waals surface area contributed by atoms with E-state index in [1.165, 1.54) is 5.56 Å². The molecule has 0 saturated carbocycles. The van der Waals surface area contributed by atoms with Gasteiger partial charge in [-0.05, 0) is 80.3 Å². The third kappa shape index (κ3) is 12.1. The molecule has 2 aliphatic heterocycles. The minimum Gasteiger partial charge on any atom is -0.444 e. The summed E-state index contributed by atoms with van der Waals surface area (Å²) in [6, 6.07) is 9.55. The molecule has 39 heavy (non-hydrogen) atoms. The lowest BCUT2D eigenvalue weighted by atomic mass is 9.88. The molecule has 2 aliphatic rings. The average molecular weight is 551 g/mol. The Balaban J connectivity index is 0.000000293. The molecule has 1 aromatic carbocycles. The lowest BCUT2D eigenvalue weighted by Crippen LogP contribution is -2.61. The van der Waals surface area contributed by atoms with Gasteiger partial charge in [0, 0.05) is 26.2 Å². The molecule has 2 amide bonds. The van der Waals surface area contributed by atoms with Gasteiger partial charge in [0.2, 0.25) is 0 Å². The maximum atomic E-state index is 12.0. The summed E-state index contributed by atoms with van der Waals surface area (Å²) in [5.41, 5.74) is -1.64. The maximum absolute atomic E-state index is 12.0. The number of carbonyl (C=O) groups excluding carboxylic acids is 2. The van der Waals surface area contributed by atoms with E-state index in [0.29, 0.717) is 25.9 Å². The van der Waals surface area contributed by atoms with E-state index >= 15 is 0 Å². The third-order valence-corrected chi connectivity index (χ3v) is 6.66. The van der Waals surface area contributed by atoms with Crippen molar-refractivity contribution in [3.63, 3.8) is 0 Å². The van der Waals surface area contributed by atoms with Crippen LogP contribution in [0, 0.1) is 0 Å². The Hall–Kier alpha value is -2.40. The van der Waals surface area contributed by atoms with Crippen molar-refractivity contribution in [2.75, 3.05) is 26.2 Å². The fraction of sp³-hybridized carbons (Fsp3) is 0.724. The van der Waals surface area contributed by atoms with Crippen molar-refractivity contribution >= 4 is 12.2 Å². The zero-order valence-corrected chi connectivity index (χ0v) is 25.0. The summed E-state index contributed by atoms with van der Waals surface area (Å²) in [6.07, 6.45) is 0.263. The van der Waals surface area contributed by atoms with Gasteiger partial charge in [-0.1, -0.05) is 30.3 Å². The van der Waals surface area contributed by atoms with Gasteiger partial charge in [0.15, 0.2) is 0 Å². The quantitative estimate of drug-likeness (QED) is 0.386. The van der Waals surface area contributed by atoms with Crippen LogP contribution in [-0.2, 0) is 16.0 Å². The number of aliphatic hydroxyl groups is 2. The molecule has 2 heterocycles. The second kappa shape index (κ2) is 13.3. The highest BCUT2D eigenvalue weighted by Crippen LogP contribution is 2.24. The van der Waals surface area contributed by atoms with Gasteiger partial charge in [0.1, 0.15) is 11.2 Å². The normalized spacial score (nSPS) is 27.9. The molecule has 0 aromatic heterocycles. The van der Waals surface area contributed by atoms with Crippen LogP contribution in [0.4, 0.5) is 9.59 Å². The fourth-order valence-electron chi connectivity index (χ4n) is 4.38. The number of carbonyl (C=O) groups is 2. The van der Waals surface area contributed by atoms with Crippen molar-refractivity contribution in [2.45, 2.75) is 109 Å². The van der Waals surface area contributed by atoms with Crippen LogP contribution in [0.3, 0.4) is 0 Å². The number of nitrogens with one attached hydrogen (secondary N) is 3. The Morgan fingerprint density at radius 1 is 0.923 bits per heavy atom. The molecule has 4 atom stereocenters. The second-order valence-corrected chi connectivity index (χ2v) is 13.0. The van der Waals surface area contributed by atoms with Crippen molar-refractivity contribution in [2.24, 2.45) is 0 Å². The predicted molar refractivity (Wildman–Crippen MR) is 151 cm³/mol. The minimum absolute atomic E-state index is 0.309. The van der Waals surface area contributed by atoms with E-state index in [1.807, 2.05) is 59.7 Å². The van der Waals surface area contributed by atoms with Crippen LogP contribution in [0.5, 0.6) is 0 Å². The Morgan fingerprint density at radius 3 is 1.95 bits per heavy atom. The smallest absolute Gasteiger partial charge is 0.408 e. The monoisotopic (exact) mass is 550 g/mol. The van der Waals surface area contributed by atoms with Gasteiger partial charge in [-0.15, -0.1) is 0 Å². The van der Waals surface area contributed by atoms with E-state index in [-0.39, 0.29) is 12.1 Å². The largest absolute Gasteiger partial charge is 0.444 e. The van der Waals surface area contributed by atoms with Crippen molar-refractivity contribution in [3.8, 4) is 0 Å². The Bertz CT molecular complexity index is 924. The van der Waals surface area contributed by atoms with E-state index in [9.17, 15) is 19.8 Å². The van der Waals surface area contributed by atoms with Crippen LogP contribution >= 0.6 is 0 Å². The van der Waals surface area contributed by atoms with E-state index in [0.717, 1.165) is 19.6 Å². The van der Waals surface area contributed by atoms with Gasteiger partial charge in [-0.3, -0.25) is 4.90 Å². The highest BCUT2D eigenvalue weighted by molar-refractivity contribution is 5.68. The number of piperidine rings is 2. The topological polar surface area (TPSA) is 132 Å². The first-order valence-corrected chi connectivity index (χ1v) is 13.8. The summed E-state index contributed by atoms with van der Waals surface area (Å²) in [5.74, 6) is 0. The van der Waals surface area contributed by atoms with Crippen LogP contribution in [0.1, 0.15) is 73.8 Å². The summed E-state index contributed by atoms with van der Waals surface area (Å²) in [5, 5.41) is 29.3. The van der Waals surface area contributed by atoms with E-state index in [4.69, 9.17) is 9.47 Å². The Labute approximate surface area is 233 Å². The number of likely N-dealkylation sites (tertiary alicyclic amines) is 1. The van der Waals surface area contributed by atoms with Crippen LogP contribution in [-0.4, -0.2) is 88.0 Å². The molecule has 1 aromatic rings. The summed E-state index contributed by atoms with van der Waals surface area (Å²) in [7, 11) is 0. The first-order valence-electron chi connectivity index (χ1n) is 13.8. The number of nitrogens with zero attached hydrogens (tertiary/aromatic N) is 1. The molecule has 3 rings (SSSR count). The van der Waals surface area contributed by atoms with Crippen LogP contribution in [0.25, 0.3) is 0 Å². The first-order chi connectivity index (χ1) is 17.9. The molecule has 10 heteroatoms. The molecule has 0 unspecified atom stereocenters. The van der Waals surface area contributed by atoms with Crippen molar-refractivity contribution in [3.05, 3.63) is 35.9 Å². The van der Waals surface area contributed by atoms with Gasteiger partial charge >= 0.3 is 12.2 Å². The fourth-order valence-corrected chi connectivity index (χ4v) is 4.38. The van der Waals surface area contributed by atoms with Crippen LogP contribution < -0.4 is 16.0 Å². The molecular formula is C29H50N4O6. The zero-order valence-electron chi connectivity index (χ0n) is 25.0. The highest BCUT2D eigenvalue weighted by Gasteiger charge is 2.39. The standard InChI is InChI=1S/C18H28N2O3.C11H22N2O3/c1-17(2,3)23-16(21)19-15-13-20(11-10-18(15,4)22)12-14-8-6-5-7-9-14;1-10(2,3)16-9(14)13-8-7-12-6-5-11(8,4)15/h5-9,15,22H,10-13H2,1-4H3,(H,19,21);8,12,15H,5-7H2,1-4H3,(H,13,14)/t15-,18-;8-,11-/m11/s1. The maximum Gasteiger partial charge on any atom is 0.408 e. The van der Waals surface area contributed by atoms with Crippen LogP contribution in [0.15, 0.2) is 30.3 Å². The minimum atomic E-state index is -0.926. The second-order valence-electron chi connectivity index (χ2n) is 13.0. The molecule has 10 nitrogen and oxygen atoms in total. The molecule has 0 radical (unpaired) electrons. The molecule has 2 fully saturated rings. The Kier molecular flexibility index (Phi) is 11.2. The number of alkyl carbamates (subject to hydrolysis) is 2. The SMILES string of the molecule is CC(C)(C)OC(=O)N[C@@H]1CN(Cc2ccccc2)CC[C@@]1(C)O.CC(C)(C)OC(=O)N[C@@H]1CNCC[C@@]1(C)O. The molecule has 0 spiro atoms. The number of hydrogen-bond donors (Lipinski definition) is 5. The van der Waals surface area contributed by atoms with Crippen LogP contribution in [0.2, 0.25) is 0 Å². The Morgan fingerprint density at radius 2 is 1.44 bits per heavy atom. The molecule has 222 valence electrons. The van der Waals surface area contributed by atoms with Gasteiger partial charge in [0.25, 0.3) is 0 Å². The van der Waals surface area contributed by atoms with Crippen molar-refractivity contribution in [1.82, 2.24) is 20.9 Å². The van der Waals surface area contributed by atoms with Gasteiger partial charge in [0.05, 0.1) is 23.3 Å². The van der Waals surface area contributed by atoms with Gasteiger partial charge in [-0.25, -0.2) is 9.59 Å². The van der Waals surface area contributed by atoms with Crippen molar-refractivity contribution < 1.29 is 29.3 Å². The number of amides is 2. The summed E-state index contributed by atoms with van der Waals surface area (Å²) in [4.78, 5) is 25.8. The lowest BCUT2D eigenvalue weighted by Gasteiger charge is -2.43. The third-order valence-electron chi connectivity index (χ3n) is 6.66. The number of hydrogen-bond acceptors (Lipinski definition) is 8. The number of benzene rings is 1. The van der Waals surface area contributed by atoms with E-state index in [1.54, 1.807) is 13.8 Å². The average Bonchev–Trinajstić information content (AvgIpc) is 2.76. The zero-order chi connectivity index (χ0) is 29.5. The lowest BCUT2D eigenvalue weighted by molar-refractivity contribution is -0.0416. The molecule has 5 N–H and O–H groups in total. The van der Waals surface area contributed by atoms with E-state index < -0.39 is 34.6 Å². The van der Waals surface area contributed by atoms with Gasteiger partial charge < -0.3 is 35.6 Å². The highest BCUT2D eigenvalue weighted by atomic mass is 16.6. The summed E-state index contributed by atoms with van der Waals surface area (Å²) < 4.78 is 10.5. The summed E-state index contributed by atoms with van der Waals surface area (Å²) in [6.45, 7) is 17.9. The first kappa shape index (κ1) is 32.8. The molecule has 2 saturated heterocycles. The van der Waals surface area contributed by atoms with E-state index in [2.05, 4.69) is 33.0 Å². The molecule has 0 bridgehead atoms. The number of rotatable bonds is 4. The number of ether oxygens (including phenoxy) is 2. The van der Waals surface area contributed by atoms with Crippen molar-refractivity contribution in [1.29, 1.82) is 0 Å². The molecule has 0 aliphatic carbocycles. The van der Waals surface area contributed by atoms with Gasteiger partial charge in [-0.2, -0.15) is 0 Å². The molecular weight excluding hydrogens is 500 g/mol. The summed E-state index contributed by atoms with van der Waals surface area (Å²) >= 11 is 0.